The van der Waals surface area contributed by atoms with Gasteiger partial charge in [0.15, 0.2) is 5.96 Å². The summed E-state index contributed by atoms with van der Waals surface area (Å²) in [7, 11) is 1.54. The minimum Gasteiger partial charge on any atom is -0.390 e. The van der Waals surface area contributed by atoms with Crippen LogP contribution in [0.25, 0.3) is 0 Å². The van der Waals surface area contributed by atoms with Crippen LogP contribution in [0.5, 0.6) is 0 Å². The van der Waals surface area contributed by atoms with Crippen LogP contribution in [-0.4, -0.2) is 41.7 Å². The molecule has 0 saturated carbocycles. The first kappa shape index (κ1) is 10.3. The highest BCUT2D eigenvalue weighted by atomic mass is 16.3. The molecule has 1 unspecified atom stereocenters. The average Bonchev–Trinajstić information content (AvgIpc) is 2.13. The summed E-state index contributed by atoms with van der Waals surface area (Å²) >= 11 is 0. The highest BCUT2D eigenvalue weighted by Gasteiger charge is 2.26. The molecule has 14 heavy (non-hydrogen) atoms. The molecule has 0 aromatic carbocycles. The quantitative estimate of drug-likeness (QED) is 0.289. The first-order valence-electron chi connectivity index (χ1n) is 3.98. The van der Waals surface area contributed by atoms with E-state index in [4.69, 9.17) is 16.6 Å². The van der Waals surface area contributed by atoms with E-state index in [1.165, 1.54) is 11.1 Å². The maximum Gasteiger partial charge on any atom is 0.271 e. The number of likely N-dealkylation sites (N-methyl/N-ethyl adjacent to an activating group) is 1. The molecule has 1 aliphatic rings. The van der Waals surface area contributed by atoms with Crippen LogP contribution in [0.1, 0.15) is 0 Å². The summed E-state index contributed by atoms with van der Waals surface area (Å²) in [6.07, 6.45) is 0.693. The van der Waals surface area contributed by atoms with Crippen molar-refractivity contribution in [3.63, 3.8) is 0 Å². The number of rotatable bonds is 2. The molecule has 7 nitrogen and oxygen atoms in total. The van der Waals surface area contributed by atoms with E-state index < -0.39 is 6.17 Å². The predicted octanol–water partition coefficient (Wildman–Crippen LogP) is -2.52. The summed E-state index contributed by atoms with van der Waals surface area (Å²) in [5, 5.41) is 11.5. The van der Waals surface area contributed by atoms with E-state index in [2.05, 4.69) is 10.3 Å². The smallest absolute Gasteiger partial charge is 0.271 e. The number of hydrogen-bond donors (Lipinski definition) is 4. The molecule has 0 bridgehead atoms. The van der Waals surface area contributed by atoms with Crippen molar-refractivity contribution in [3.8, 4) is 0 Å². The first-order valence-corrected chi connectivity index (χ1v) is 3.98. The minimum atomic E-state index is -0.805. The Balaban J connectivity index is 2.84. The van der Waals surface area contributed by atoms with Crippen LogP contribution in [0, 0.1) is 0 Å². The fourth-order valence-corrected chi connectivity index (χ4v) is 1.06. The fourth-order valence-electron chi connectivity index (χ4n) is 1.06. The summed E-state index contributed by atoms with van der Waals surface area (Å²) in [5.41, 5.74) is 10.8. The van der Waals surface area contributed by atoms with E-state index in [1.807, 2.05) is 0 Å². The van der Waals surface area contributed by atoms with E-state index in [0.29, 0.717) is 5.70 Å². The van der Waals surface area contributed by atoms with Crippen molar-refractivity contribution in [2.24, 2.45) is 16.5 Å². The second-order valence-electron chi connectivity index (χ2n) is 2.81. The number of nitrogens with one attached hydrogen (secondary N) is 1. The fraction of sp³-hybridized carbons (Fsp3) is 0.429. The molecule has 1 amide bonds. The number of hydrogen-bond acceptors (Lipinski definition) is 4. The molecule has 0 aromatic heterocycles. The molecule has 1 heterocycles. The molecule has 6 N–H and O–H groups in total. The molecule has 1 atom stereocenters. The van der Waals surface area contributed by atoms with Crippen LogP contribution in [0.3, 0.4) is 0 Å². The van der Waals surface area contributed by atoms with Gasteiger partial charge in [-0.15, -0.1) is 0 Å². The predicted molar refractivity (Wildman–Crippen MR) is 50.7 cm³/mol. The van der Waals surface area contributed by atoms with Gasteiger partial charge in [0.1, 0.15) is 0 Å². The third-order valence-electron chi connectivity index (χ3n) is 1.84. The van der Waals surface area contributed by atoms with Gasteiger partial charge in [-0.3, -0.25) is 4.79 Å². The molecule has 0 spiro atoms. The van der Waals surface area contributed by atoms with Crippen molar-refractivity contribution in [1.82, 2.24) is 10.2 Å². The highest BCUT2D eigenvalue weighted by Crippen LogP contribution is 2.08. The minimum absolute atomic E-state index is 0.162. The zero-order chi connectivity index (χ0) is 10.7. The summed E-state index contributed by atoms with van der Waals surface area (Å²) in [6.45, 7) is -0.218. The van der Waals surface area contributed by atoms with Gasteiger partial charge in [-0.1, -0.05) is 0 Å². The van der Waals surface area contributed by atoms with Crippen molar-refractivity contribution < 1.29 is 9.90 Å². The van der Waals surface area contributed by atoms with Gasteiger partial charge in [-0.05, 0) is 0 Å². The van der Waals surface area contributed by atoms with Crippen LogP contribution in [0.15, 0.2) is 16.9 Å². The summed E-state index contributed by atoms with van der Waals surface area (Å²) in [4.78, 5) is 16.5. The number of aliphatic hydroxyl groups excluding tert-OH is 1. The Morgan fingerprint density at radius 3 is 2.93 bits per heavy atom. The zero-order valence-electron chi connectivity index (χ0n) is 7.77. The average molecular weight is 199 g/mol. The van der Waals surface area contributed by atoms with Crippen LogP contribution in [0.4, 0.5) is 0 Å². The second-order valence-corrected chi connectivity index (χ2v) is 2.81. The number of amides is 1. The largest absolute Gasteiger partial charge is 0.390 e. The van der Waals surface area contributed by atoms with Crippen molar-refractivity contribution in [3.05, 3.63) is 11.9 Å². The molecular formula is C7H13N5O2. The molecule has 0 radical (unpaired) electrons. The van der Waals surface area contributed by atoms with Gasteiger partial charge in [0.2, 0.25) is 6.17 Å². The van der Waals surface area contributed by atoms with Crippen LogP contribution in [0.2, 0.25) is 0 Å². The Morgan fingerprint density at radius 2 is 2.43 bits per heavy atom. The van der Waals surface area contributed by atoms with Gasteiger partial charge in [0, 0.05) is 13.2 Å². The number of nitrogens with zero attached hydrogens (tertiary/aromatic N) is 2. The van der Waals surface area contributed by atoms with E-state index in [1.54, 1.807) is 7.05 Å². The number of guanidine groups is 1. The number of carbonyl (C=O) groups is 1. The number of nitrogens with two attached hydrogens (primary N) is 2. The summed E-state index contributed by atoms with van der Waals surface area (Å²) in [5.74, 6) is -0.477. The topological polar surface area (TPSA) is 117 Å². The van der Waals surface area contributed by atoms with Crippen LogP contribution in [-0.2, 0) is 4.79 Å². The summed E-state index contributed by atoms with van der Waals surface area (Å²) < 4.78 is 0. The van der Waals surface area contributed by atoms with Gasteiger partial charge in [-0.2, -0.15) is 0 Å². The van der Waals surface area contributed by atoms with Gasteiger partial charge in [0.25, 0.3) is 5.91 Å². The van der Waals surface area contributed by atoms with Crippen LogP contribution < -0.4 is 16.8 Å². The van der Waals surface area contributed by atoms with Crippen molar-refractivity contribution in [2.75, 3.05) is 13.7 Å². The van der Waals surface area contributed by atoms with E-state index in [-0.39, 0.29) is 18.5 Å². The molecule has 0 aromatic rings. The van der Waals surface area contributed by atoms with Crippen molar-refractivity contribution >= 4 is 11.9 Å². The SMILES string of the molecule is CN1C(=O)C(N=C(N)N)NC=C1CO. The molecule has 0 saturated heterocycles. The molecule has 0 aliphatic carbocycles. The lowest BCUT2D eigenvalue weighted by Crippen LogP contribution is -2.48. The maximum absolute atomic E-state index is 11.5. The maximum atomic E-state index is 11.5. The van der Waals surface area contributed by atoms with Crippen molar-refractivity contribution in [1.29, 1.82) is 0 Å². The van der Waals surface area contributed by atoms with E-state index >= 15 is 0 Å². The van der Waals surface area contributed by atoms with Crippen LogP contribution >= 0.6 is 0 Å². The molecule has 7 heteroatoms. The normalized spacial score (nSPS) is 21.3. The Morgan fingerprint density at radius 1 is 1.79 bits per heavy atom. The highest BCUT2D eigenvalue weighted by molar-refractivity contribution is 5.87. The van der Waals surface area contributed by atoms with Gasteiger partial charge in [-0.25, -0.2) is 4.99 Å². The monoisotopic (exact) mass is 199 g/mol. The lowest BCUT2D eigenvalue weighted by Gasteiger charge is -2.28. The Kier molecular flexibility index (Phi) is 2.92. The molecule has 1 rings (SSSR count). The summed E-state index contributed by atoms with van der Waals surface area (Å²) in [6, 6.07) is 0. The van der Waals surface area contributed by atoms with Gasteiger partial charge < -0.3 is 26.8 Å². The number of aliphatic imine (C=N–C) groups is 1. The Labute approximate surface area is 81.1 Å². The molecule has 78 valence electrons. The Bertz CT molecular complexity index is 294. The third kappa shape index (κ3) is 1.94. The van der Waals surface area contributed by atoms with Crippen molar-refractivity contribution in [2.45, 2.75) is 6.17 Å². The zero-order valence-corrected chi connectivity index (χ0v) is 7.77. The lowest BCUT2D eigenvalue weighted by atomic mass is 10.3. The number of aliphatic hydroxyl groups is 1. The third-order valence-corrected chi connectivity index (χ3v) is 1.84. The molecule has 1 aliphatic heterocycles. The first-order chi connectivity index (χ1) is 6.56. The lowest BCUT2D eigenvalue weighted by molar-refractivity contribution is -0.131. The number of carbonyl (C=O) groups excluding carboxylic acids is 1. The molecular weight excluding hydrogens is 186 g/mol. The molecule has 0 fully saturated rings. The van der Waals surface area contributed by atoms with Gasteiger partial charge >= 0.3 is 0 Å². The Hall–Kier alpha value is -1.76. The van der Waals surface area contributed by atoms with E-state index in [9.17, 15) is 4.79 Å². The second kappa shape index (κ2) is 3.97. The van der Waals surface area contributed by atoms with Gasteiger partial charge in [0.05, 0.1) is 12.3 Å². The standard InChI is InChI=1S/C7H13N5O2/c1-12-4(3-13)2-10-5(6(12)14)11-7(8)9/h2,5,10,13H,3H2,1H3,(H4,8,9,11). The van der Waals surface area contributed by atoms with E-state index in [0.717, 1.165) is 0 Å².